The fraction of sp³-hybridized carbons (Fsp3) is 0.458. The molecule has 31 heavy (non-hydrogen) atoms. The molecule has 0 spiro atoms. The Morgan fingerprint density at radius 3 is 1.97 bits per heavy atom. The average Bonchev–Trinajstić information content (AvgIpc) is 2.69. The number of hydrogen-bond acceptors (Lipinski definition) is 3. The monoisotopic (exact) mass is 434 g/mol. The van der Waals surface area contributed by atoms with Gasteiger partial charge in [-0.05, 0) is 53.6 Å². The van der Waals surface area contributed by atoms with Crippen molar-refractivity contribution in [2.45, 2.75) is 57.3 Å². The van der Waals surface area contributed by atoms with Gasteiger partial charge in [0, 0.05) is 25.3 Å². The minimum Gasteiger partial charge on any atom is -0.380 e. The van der Waals surface area contributed by atoms with E-state index in [0.29, 0.717) is 25.3 Å². The van der Waals surface area contributed by atoms with Gasteiger partial charge >= 0.3 is 6.18 Å². The lowest BCUT2D eigenvalue weighted by Gasteiger charge is -2.37. The zero-order valence-electron chi connectivity index (χ0n) is 18.1. The molecule has 7 heteroatoms. The maximum Gasteiger partial charge on any atom is 0.416 e. The highest BCUT2D eigenvalue weighted by molar-refractivity contribution is 5.97. The van der Waals surface area contributed by atoms with Crippen LogP contribution in [0.15, 0.2) is 48.5 Å². The molecule has 2 N–H and O–H groups in total. The van der Waals surface area contributed by atoms with Crippen LogP contribution in [-0.2, 0) is 22.9 Å². The zero-order chi connectivity index (χ0) is 22.9. The number of alkyl halides is 3. The van der Waals surface area contributed by atoms with Crippen molar-refractivity contribution in [2.24, 2.45) is 0 Å². The summed E-state index contributed by atoms with van der Waals surface area (Å²) in [6.07, 6.45) is -3.82. The Labute approximate surface area is 181 Å². The van der Waals surface area contributed by atoms with Crippen molar-refractivity contribution in [3.05, 3.63) is 65.2 Å². The molecule has 0 bridgehead atoms. The van der Waals surface area contributed by atoms with E-state index in [-0.39, 0.29) is 18.3 Å². The quantitative estimate of drug-likeness (QED) is 0.715. The predicted molar refractivity (Wildman–Crippen MR) is 115 cm³/mol. The molecule has 0 saturated carbocycles. The molecule has 1 amide bonds. The summed E-state index contributed by atoms with van der Waals surface area (Å²) in [5, 5.41) is 13.6. The number of anilines is 1. The number of hydrogen-bond donors (Lipinski definition) is 2. The Morgan fingerprint density at radius 2 is 1.48 bits per heavy atom. The second-order valence-electron chi connectivity index (χ2n) is 9.28. The summed E-state index contributed by atoms with van der Waals surface area (Å²) in [5.41, 5.74) is 0.442. The van der Waals surface area contributed by atoms with Gasteiger partial charge in [-0.3, -0.25) is 9.69 Å². The van der Waals surface area contributed by atoms with E-state index in [2.05, 4.69) is 26.1 Å². The number of benzene rings is 2. The first-order valence-corrected chi connectivity index (χ1v) is 10.4. The lowest BCUT2D eigenvalue weighted by molar-refractivity contribution is -0.139. The van der Waals surface area contributed by atoms with Gasteiger partial charge in [-0.15, -0.1) is 0 Å². The lowest BCUT2D eigenvalue weighted by atomic mass is 9.87. The van der Waals surface area contributed by atoms with Crippen LogP contribution in [0.2, 0.25) is 0 Å². The largest absolute Gasteiger partial charge is 0.416 e. The molecule has 0 aliphatic carbocycles. The highest BCUT2D eigenvalue weighted by Crippen LogP contribution is 2.30. The van der Waals surface area contributed by atoms with E-state index in [1.165, 1.54) is 12.1 Å². The fourth-order valence-electron chi connectivity index (χ4n) is 3.67. The second-order valence-corrected chi connectivity index (χ2v) is 9.28. The molecule has 1 aliphatic rings. The third-order valence-corrected chi connectivity index (χ3v) is 5.80. The normalized spacial score (nSPS) is 17.4. The van der Waals surface area contributed by atoms with Crippen molar-refractivity contribution in [3.63, 3.8) is 0 Å². The number of piperidine rings is 1. The summed E-state index contributed by atoms with van der Waals surface area (Å²) in [6, 6.07) is 12.7. The molecule has 0 aromatic heterocycles. The predicted octanol–water partition coefficient (Wildman–Crippen LogP) is 4.97. The Balaban J connectivity index is 1.54. The standard InChI is InChI=1S/C24H29F3N2O2/c1-22(2,3)18-8-10-20(11-9-18)28-21(30)23(31)12-14-29(15-13-23)16-17-4-6-19(7-5-17)24(25,26)27/h4-11,31H,12-16H2,1-3H3,(H,28,30). The van der Waals surface area contributed by atoms with Crippen LogP contribution < -0.4 is 5.32 Å². The molecule has 168 valence electrons. The van der Waals surface area contributed by atoms with E-state index < -0.39 is 23.2 Å². The minimum atomic E-state index is -4.35. The number of halogens is 3. The summed E-state index contributed by atoms with van der Waals surface area (Å²) in [7, 11) is 0. The Morgan fingerprint density at radius 1 is 0.968 bits per heavy atom. The van der Waals surface area contributed by atoms with Crippen molar-refractivity contribution < 1.29 is 23.1 Å². The number of carbonyl (C=O) groups excluding carboxylic acids is 1. The Hall–Kier alpha value is -2.38. The Kier molecular flexibility index (Phi) is 6.48. The Bertz CT molecular complexity index is 892. The van der Waals surface area contributed by atoms with Crippen molar-refractivity contribution in [1.29, 1.82) is 0 Å². The van der Waals surface area contributed by atoms with Gasteiger partial charge in [0.05, 0.1) is 5.56 Å². The summed E-state index contributed by atoms with van der Waals surface area (Å²) < 4.78 is 38.1. The number of rotatable bonds is 4. The summed E-state index contributed by atoms with van der Waals surface area (Å²) >= 11 is 0. The maximum absolute atomic E-state index is 12.7. The number of carbonyl (C=O) groups is 1. The zero-order valence-corrected chi connectivity index (χ0v) is 18.1. The molecular weight excluding hydrogens is 405 g/mol. The molecule has 0 unspecified atom stereocenters. The molecule has 1 heterocycles. The smallest absolute Gasteiger partial charge is 0.380 e. The van der Waals surface area contributed by atoms with E-state index in [4.69, 9.17) is 0 Å². The van der Waals surface area contributed by atoms with Crippen LogP contribution in [0.25, 0.3) is 0 Å². The average molecular weight is 435 g/mol. The highest BCUT2D eigenvalue weighted by atomic mass is 19.4. The topological polar surface area (TPSA) is 52.6 Å². The van der Waals surface area contributed by atoms with Crippen molar-refractivity contribution in [2.75, 3.05) is 18.4 Å². The van der Waals surface area contributed by atoms with E-state index in [1.54, 1.807) is 0 Å². The minimum absolute atomic E-state index is 0.0145. The third kappa shape index (κ3) is 5.86. The van der Waals surface area contributed by atoms with Gasteiger partial charge in [-0.1, -0.05) is 45.0 Å². The first-order valence-electron chi connectivity index (χ1n) is 10.4. The molecule has 0 atom stereocenters. The SMILES string of the molecule is CC(C)(C)c1ccc(NC(=O)C2(O)CCN(Cc3ccc(C(F)(F)F)cc3)CC2)cc1. The van der Waals surface area contributed by atoms with E-state index in [1.807, 2.05) is 29.2 Å². The van der Waals surface area contributed by atoms with Gasteiger partial charge in [-0.25, -0.2) is 0 Å². The molecule has 3 rings (SSSR count). The van der Waals surface area contributed by atoms with E-state index in [0.717, 1.165) is 23.3 Å². The van der Waals surface area contributed by atoms with E-state index >= 15 is 0 Å². The molecule has 2 aromatic carbocycles. The van der Waals surface area contributed by atoms with Crippen molar-refractivity contribution in [1.82, 2.24) is 4.90 Å². The summed E-state index contributed by atoms with van der Waals surface area (Å²) in [5.74, 6) is -0.426. The van der Waals surface area contributed by atoms with Gasteiger partial charge < -0.3 is 10.4 Å². The lowest BCUT2D eigenvalue weighted by Crippen LogP contribution is -2.51. The van der Waals surface area contributed by atoms with Crippen LogP contribution in [0.5, 0.6) is 0 Å². The maximum atomic E-state index is 12.7. The number of nitrogens with zero attached hydrogens (tertiary/aromatic N) is 1. The van der Waals surface area contributed by atoms with Gasteiger partial charge in [0.1, 0.15) is 5.60 Å². The van der Waals surface area contributed by atoms with Gasteiger partial charge in [0.2, 0.25) is 0 Å². The molecule has 2 aromatic rings. The second kappa shape index (κ2) is 8.63. The number of amides is 1. The van der Waals surface area contributed by atoms with Crippen molar-refractivity contribution >= 4 is 11.6 Å². The molecule has 1 fully saturated rings. The first kappa shape index (κ1) is 23.3. The van der Waals surface area contributed by atoms with Gasteiger partial charge in [-0.2, -0.15) is 13.2 Å². The molecule has 1 aliphatic heterocycles. The van der Waals surface area contributed by atoms with Crippen molar-refractivity contribution in [3.8, 4) is 0 Å². The van der Waals surface area contributed by atoms with Gasteiger partial charge in [0.25, 0.3) is 5.91 Å². The number of aliphatic hydroxyl groups is 1. The highest BCUT2D eigenvalue weighted by Gasteiger charge is 2.39. The van der Waals surface area contributed by atoms with Crippen LogP contribution in [0.4, 0.5) is 18.9 Å². The van der Waals surface area contributed by atoms with Gasteiger partial charge in [0.15, 0.2) is 0 Å². The molecule has 1 saturated heterocycles. The van der Waals surface area contributed by atoms with Crippen LogP contribution in [-0.4, -0.2) is 34.6 Å². The van der Waals surface area contributed by atoms with Crippen LogP contribution in [0, 0.1) is 0 Å². The number of likely N-dealkylation sites (tertiary alicyclic amines) is 1. The van der Waals surface area contributed by atoms with Crippen LogP contribution in [0.1, 0.15) is 50.3 Å². The third-order valence-electron chi connectivity index (χ3n) is 5.80. The van der Waals surface area contributed by atoms with Crippen LogP contribution >= 0.6 is 0 Å². The van der Waals surface area contributed by atoms with E-state index in [9.17, 15) is 23.1 Å². The summed E-state index contributed by atoms with van der Waals surface area (Å²) in [4.78, 5) is 14.7. The molecule has 0 radical (unpaired) electrons. The first-order chi connectivity index (χ1) is 14.4. The molecular formula is C24H29F3N2O2. The number of nitrogens with one attached hydrogen (secondary N) is 1. The fourth-order valence-corrected chi connectivity index (χ4v) is 3.67. The van der Waals surface area contributed by atoms with Crippen LogP contribution in [0.3, 0.4) is 0 Å². The molecule has 4 nitrogen and oxygen atoms in total. The summed E-state index contributed by atoms with van der Waals surface area (Å²) in [6.45, 7) is 7.78.